The lowest BCUT2D eigenvalue weighted by Gasteiger charge is -2.13. The molecule has 9 aromatic rings. The van der Waals surface area contributed by atoms with E-state index in [9.17, 15) is 0 Å². The number of para-hydroxylation sites is 4. The predicted octanol–water partition coefficient (Wildman–Crippen LogP) is 9.18. The number of hydrogen-bond acceptors (Lipinski definition) is 2. The zero-order valence-electron chi connectivity index (χ0n) is 20.9. The number of oxazole rings is 1. The maximum atomic E-state index is 5.97. The van der Waals surface area contributed by atoms with Crippen LogP contribution >= 0.6 is 0 Å². The Balaban J connectivity index is 1.64. The summed E-state index contributed by atoms with van der Waals surface area (Å²) in [4.78, 5) is 4.46. The van der Waals surface area contributed by atoms with Crippen LogP contribution in [0.2, 0.25) is 0 Å². The Kier molecular flexibility index (Phi) is 4.02. The van der Waals surface area contributed by atoms with Crippen LogP contribution in [0.3, 0.4) is 0 Å². The third kappa shape index (κ3) is 2.65. The fraction of sp³-hybridized carbons (Fsp3) is 0. The minimum atomic E-state index is 0.788. The van der Waals surface area contributed by atoms with Crippen molar-refractivity contribution in [2.24, 2.45) is 0 Å². The average molecular weight is 500 g/mol. The highest BCUT2D eigenvalue weighted by Crippen LogP contribution is 2.47. The molecule has 0 bridgehead atoms. The summed E-state index contributed by atoms with van der Waals surface area (Å²) >= 11 is 0. The van der Waals surface area contributed by atoms with E-state index < -0.39 is 0 Å². The molecule has 9 rings (SSSR count). The van der Waals surface area contributed by atoms with Crippen LogP contribution in [-0.4, -0.2) is 14.1 Å². The number of fused-ring (bicyclic) bond motifs is 11. The summed E-state index contributed by atoms with van der Waals surface area (Å²) in [5.41, 5.74) is 8.54. The molecule has 0 fully saturated rings. The Morgan fingerprint density at radius 1 is 0.487 bits per heavy atom. The predicted molar refractivity (Wildman–Crippen MR) is 160 cm³/mol. The van der Waals surface area contributed by atoms with Crippen molar-refractivity contribution in [1.29, 1.82) is 0 Å². The van der Waals surface area contributed by atoms with Crippen LogP contribution in [0.15, 0.2) is 132 Å². The van der Waals surface area contributed by atoms with Crippen LogP contribution in [0.5, 0.6) is 0 Å². The van der Waals surface area contributed by atoms with Crippen molar-refractivity contribution in [3.63, 3.8) is 0 Å². The van der Waals surface area contributed by atoms with Crippen LogP contribution in [0.4, 0.5) is 0 Å². The summed E-state index contributed by atoms with van der Waals surface area (Å²) < 4.78 is 10.8. The quantitative estimate of drug-likeness (QED) is 0.238. The smallest absolute Gasteiger partial charge is 0.182 e. The number of aromatic nitrogens is 3. The first-order chi connectivity index (χ1) is 19.4. The number of nitrogens with zero attached hydrogens (tertiary/aromatic N) is 3. The molecule has 39 heavy (non-hydrogen) atoms. The fourth-order valence-electron chi connectivity index (χ4n) is 6.53. The van der Waals surface area contributed by atoms with E-state index in [1.165, 1.54) is 55.3 Å². The monoisotopic (exact) mass is 499 g/mol. The van der Waals surface area contributed by atoms with E-state index in [1.54, 1.807) is 0 Å². The highest BCUT2D eigenvalue weighted by Gasteiger charge is 2.24. The minimum Gasteiger partial charge on any atom is -0.441 e. The van der Waals surface area contributed by atoms with Crippen molar-refractivity contribution in [2.45, 2.75) is 0 Å². The Morgan fingerprint density at radius 2 is 1.05 bits per heavy atom. The highest BCUT2D eigenvalue weighted by atomic mass is 16.3. The second-order valence-electron chi connectivity index (χ2n) is 10.0. The van der Waals surface area contributed by atoms with Gasteiger partial charge in [0.15, 0.2) is 12.0 Å². The molecule has 0 saturated carbocycles. The molecule has 0 aliphatic rings. The molecule has 0 radical (unpaired) electrons. The molecule has 6 aromatic carbocycles. The zero-order valence-corrected chi connectivity index (χ0v) is 20.9. The molecule has 0 spiro atoms. The van der Waals surface area contributed by atoms with E-state index in [1.807, 2.05) is 6.07 Å². The van der Waals surface area contributed by atoms with Crippen molar-refractivity contribution < 1.29 is 4.42 Å². The van der Waals surface area contributed by atoms with Crippen molar-refractivity contribution in [3.05, 3.63) is 128 Å². The summed E-state index contributed by atoms with van der Waals surface area (Å²) in [5.74, 6) is 0. The summed E-state index contributed by atoms with van der Waals surface area (Å²) in [6.07, 6.45) is 1.53. The Bertz CT molecular complexity index is 2390. The molecule has 0 atom stereocenters. The molecule has 0 aliphatic carbocycles. The molecule has 0 amide bonds. The first-order valence-electron chi connectivity index (χ1n) is 13.2. The van der Waals surface area contributed by atoms with Crippen molar-refractivity contribution in [2.75, 3.05) is 0 Å². The number of benzene rings is 6. The zero-order chi connectivity index (χ0) is 25.5. The van der Waals surface area contributed by atoms with E-state index in [4.69, 9.17) is 4.42 Å². The highest BCUT2D eigenvalue weighted by molar-refractivity contribution is 6.37. The standard InChI is InChI=1S/C35H21N3O/c1-2-11-22(12-3-1)37-28-18-8-6-15-25(28)31-32-26-16-7-9-19-29(26)38(30-20-10-17-27-35(30)39-21-36-27)34(32)24-14-5-4-13-23(24)33(31)37/h1-21H. The van der Waals surface area contributed by atoms with E-state index in [0.29, 0.717) is 0 Å². The normalized spacial score (nSPS) is 12.1. The first-order valence-corrected chi connectivity index (χ1v) is 13.2. The third-order valence-corrected chi connectivity index (χ3v) is 8.03. The van der Waals surface area contributed by atoms with Gasteiger partial charge in [-0.3, -0.25) is 0 Å². The van der Waals surface area contributed by atoms with Gasteiger partial charge in [-0.25, -0.2) is 4.98 Å². The maximum Gasteiger partial charge on any atom is 0.182 e. The van der Waals surface area contributed by atoms with Gasteiger partial charge in [-0.1, -0.05) is 84.9 Å². The number of rotatable bonds is 2. The van der Waals surface area contributed by atoms with Crippen LogP contribution < -0.4 is 0 Å². The molecule has 0 aliphatic heterocycles. The van der Waals surface area contributed by atoms with Crippen LogP contribution in [-0.2, 0) is 0 Å². The van der Waals surface area contributed by atoms with Gasteiger partial charge in [-0.2, -0.15) is 0 Å². The fourth-order valence-corrected chi connectivity index (χ4v) is 6.53. The SMILES string of the molecule is c1ccc(-n2c3ccccc3c3c4c5ccccc5n(-c5cccc6ncoc56)c4c4ccccc4c32)cc1. The van der Waals surface area contributed by atoms with Gasteiger partial charge in [-0.15, -0.1) is 0 Å². The molecule has 3 aromatic heterocycles. The summed E-state index contributed by atoms with van der Waals surface area (Å²) in [7, 11) is 0. The second kappa shape index (κ2) is 7.59. The van der Waals surface area contributed by atoms with Gasteiger partial charge in [0.25, 0.3) is 0 Å². The van der Waals surface area contributed by atoms with E-state index >= 15 is 0 Å². The number of hydrogen-bond donors (Lipinski definition) is 0. The first kappa shape index (κ1) is 20.7. The van der Waals surface area contributed by atoms with Crippen LogP contribution in [0.1, 0.15) is 0 Å². The topological polar surface area (TPSA) is 35.9 Å². The largest absolute Gasteiger partial charge is 0.441 e. The lowest BCUT2D eigenvalue weighted by atomic mass is 9.99. The molecule has 182 valence electrons. The lowest BCUT2D eigenvalue weighted by Crippen LogP contribution is -1.97. The molecule has 4 nitrogen and oxygen atoms in total. The van der Waals surface area contributed by atoms with Gasteiger partial charge in [0, 0.05) is 38.0 Å². The van der Waals surface area contributed by atoms with Crippen molar-refractivity contribution >= 4 is 65.5 Å². The van der Waals surface area contributed by atoms with Crippen LogP contribution in [0, 0.1) is 0 Å². The van der Waals surface area contributed by atoms with Gasteiger partial charge in [0.05, 0.1) is 27.8 Å². The molecular weight excluding hydrogens is 478 g/mol. The lowest BCUT2D eigenvalue weighted by molar-refractivity contribution is 0.600. The van der Waals surface area contributed by atoms with Gasteiger partial charge in [0.1, 0.15) is 5.52 Å². The van der Waals surface area contributed by atoms with E-state index in [2.05, 4.69) is 129 Å². The van der Waals surface area contributed by atoms with E-state index in [-0.39, 0.29) is 0 Å². The third-order valence-electron chi connectivity index (χ3n) is 8.03. The van der Waals surface area contributed by atoms with Gasteiger partial charge in [-0.05, 0) is 36.4 Å². The van der Waals surface area contributed by atoms with Crippen LogP contribution in [0.25, 0.3) is 76.9 Å². The molecule has 3 heterocycles. The van der Waals surface area contributed by atoms with Gasteiger partial charge >= 0.3 is 0 Å². The van der Waals surface area contributed by atoms with Gasteiger partial charge < -0.3 is 13.6 Å². The van der Waals surface area contributed by atoms with Crippen molar-refractivity contribution in [1.82, 2.24) is 14.1 Å². The molecule has 4 heteroatoms. The summed E-state index contributed by atoms with van der Waals surface area (Å²) in [6.45, 7) is 0. The second-order valence-corrected chi connectivity index (χ2v) is 10.0. The summed E-state index contributed by atoms with van der Waals surface area (Å²) in [6, 6.07) is 43.1. The molecular formula is C35H21N3O. The molecule has 0 N–H and O–H groups in total. The maximum absolute atomic E-state index is 5.97. The Hall–Kier alpha value is -5.35. The molecule has 0 unspecified atom stereocenters. The van der Waals surface area contributed by atoms with Gasteiger partial charge in [0.2, 0.25) is 0 Å². The van der Waals surface area contributed by atoms with E-state index in [0.717, 1.165) is 28.0 Å². The van der Waals surface area contributed by atoms with Crippen molar-refractivity contribution in [3.8, 4) is 11.4 Å². The average Bonchev–Trinajstić information content (AvgIpc) is 3.70. The Labute approximate surface area is 222 Å². The molecule has 0 saturated heterocycles. The Morgan fingerprint density at radius 3 is 1.74 bits per heavy atom. The summed E-state index contributed by atoms with van der Waals surface area (Å²) in [5, 5.41) is 7.40. The minimum absolute atomic E-state index is 0.788.